The van der Waals surface area contributed by atoms with Crippen LogP contribution in [0.1, 0.15) is 24.0 Å². The number of halogens is 1. The molecule has 1 aromatic carbocycles. The average Bonchev–Trinajstić information content (AvgIpc) is 2.97. The molecule has 1 aliphatic carbocycles. The van der Waals surface area contributed by atoms with Gasteiger partial charge in [-0.25, -0.2) is 0 Å². The Kier molecular flexibility index (Phi) is 2.76. The topological polar surface area (TPSA) is 55.5 Å². The van der Waals surface area contributed by atoms with Crippen LogP contribution in [0.3, 0.4) is 0 Å². The fourth-order valence-corrected chi connectivity index (χ4v) is 2.15. The van der Waals surface area contributed by atoms with E-state index in [0.29, 0.717) is 10.8 Å². The molecule has 0 radical (unpaired) electrons. The fraction of sp³-hybridized carbons (Fsp3) is 0.500. The van der Waals surface area contributed by atoms with E-state index in [1.54, 1.807) is 6.07 Å². The lowest BCUT2D eigenvalue weighted by atomic mass is 9.99. The maximum Gasteiger partial charge on any atom is 0.177 e. The maximum atomic E-state index is 9.82. The summed E-state index contributed by atoms with van der Waals surface area (Å²) in [4.78, 5) is 0. The predicted octanol–water partition coefficient (Wildman–Crippen LogP) is 2.40. The zero-order valence-corrected chi connectivity index (χ0v) is 10.3. The van der Waals surface area contributed by atoms with Crippen LogP contribution in [0.4, 0.5) is 0 Å². The van der Waals surface area contributed by atoms with E-state index < -0.39 is 0 Å². The van der Waals surface area contributed by atoms with Crippen LogP contribution < -0.4 is 10.5 Å². The zero-order chi connectivity index (χ0) is 11.9. The molecule has 0 amide bonds. The van der Waals surface area contributed by atoms with E-state index >= 15 is 0 Å². The van der Waals surface area contributed by atoms with Gasteiger partial charge in [0.1, 0.15) is 0 Å². The molecule has 0 aliphatic heterocycles. The number of aryl methyl sites for hydroxylation is 1. The van der Waals surface area contributed by atoms with Gasteiger partial charge >= 0.3 is 0 Å². The van der Waals surface area contributed by atoms with Gasteiger partial charge in [-0.1, -0.05) is 11.6 Å². The van der Waals surface area contributed by atoms with Crippen molar-refractivity contribution in [2.24, 2.45) is 5.73 Å². The Hall–Kier alpha value is -0.930. The lowest BCUT2D eigenvalue weighted by Crippen LogP contribution is -2.25. The summed E-state index contributed by atoms with van der Waals surface area (Å²) in [5, 5.41) is 10.2. The van der Waals surface area contributed by atoms with E-state index in [0.717, 1.165) is 30.4 Å². The Morgan fingerprint density at radius 3 is 2.69 bits per heavy atom. The van der Waals surface area contributed by atoms with Crippen LogP contribution in [0.5, 0.6) is 11.5 Å². The van der Waals surface area contributed by atoms with Crippen molar-refractivity contribution in [3.63, 3.8) is 0 Å². The van der Waals surface area contributed by atoms with Crippen LogP contribution in [-0.4, -0.2) is 17.8 Å². The molecule has 2 rings (SSSR count). The van der Waals surface area contributed by atoms with E-state index in [1.807, 2.05) is 6.92 Å². The molecule has 0 unspecified atom stereocenters. The van der Waals surface area contributed by atoms with Crippen molar-refractivity contribution < 1.29 is 9.84 Å². The number of hydrogen-bond donors (Lipinski definition) is 2. The minimum absolute atomic E-state index is 0.00835. The SMILES string of the molecule is COc1cc(C)c(CC2(N)CC2)c(Cl)c1O. The summed E-state index contributed by atoms with van der Waals surface area (Å²) in [6.07, 6.45) is 2.76. The fourth-order valence-electron chi connectivity index (χ4n) is 1.84. The van der Waals surface area contributed by atoms with Gasteiger partial charge in [0.2, 0.25) is 0 Å². The number of ether oxygens (including phenoxy) is 1. The summed E-state index contributed by atoms with van der Waals surface area (Å²) in [5.41, 5.74) is 7.89. The van der Waals surface area contributed by atoms with Gasteiger partial charge in [-0.2, -0.15) is 0 Å². The Morgan fingerprint density at radius 1 is 1.56 bits per heavy atom. The van der Waals surface area contributed by atoms with Crippen LogP contribution in [0.15, 0.2) is 6.07 Å². The molecule has 0 bridgehead atoms. The van der Waals surface area contributed by atoms with Crippen molar-refractivity contribution in [3.8, 4) is 11.5 Å². The lowest BCUT2D eigenvalue weighted by Gasteiger charge is -2.16. The first-order valence-corrected chi connectivity index (χ1v) is 5.68. The van der Waals surface area contributed by atoms with E-state index in [-0.39, 0.29) is 11.3 Å². The second-order valence-electron chi connectivity index (χ2n) is 4.58. The van der Waals surface area contributed by atoms with E-state index in [2.05, 4.69) is 0 Å². The molecular weight excluding hydrogens is 226 g/mol. The van der Waals surface area contributed by atoms with Crippen LogP contribution >= 0.6 is 11.6 Å². The van der Waals surface area contributed by atoms with Gasteiger partial charge in [-0.3, -0.25) is 0 Å². The highest BCUT2D eigenvalue weighted by Gasteiger charge is 2.39. The highest BCUT2D eigenvalue weighted by Crippen LogP contribution is 2.43. The number of rotatable bonds is 3. The van der Waals surface area contributed by atoms with Gasteiger partial charge in [0, 0.05) is 5.54 Å². The molecule has 1 saturated carbocycles. The first-order valence-electron chi connectivity index (χ1n) is 5.31. The summed E-state index contributed by atoms with van der Waals surface area (Å²) in [5.74, 6) is 0.419. The highest BCUT2D eigenvalue weighted by molar-refractivity contribution is 6.33. The molecule has 1 fully saturated rings. The molecule has 3 N–H and O–H groups in total. The molecule has 3 nitrogen and oxygen atoms in total. The smallest absolute Gasteiger partial charge is 0.177 e. The molecule has 16 heavy (non-hydrogen) atoms. The Labute approximate surface area is 100 Å². The largest absolute Gasteiger partial charge is 0.503 e. The molecule has 0 heterocycles. The van der Waals surface area contributed by atoms with E-state index in [4.69, 9.17) is 22.1 Å². The minimum atomic E-state index is -0.116. The highest BCUT2D eigenvalue weighted by atomic mass is 35.5. The summed E-state index contributed by atoms with van der Waals surface area (Å²) in [7, 11) is 1.51. The van der Waals surface area contributed by atoms with Crippen LogP contribution in [0.2, 0.25) is 5.02 Å². The molecule has 0 saturated heterocycles. The number of aromatic hydroxyl groups is 1. The second-order valence-corrected chi connectivity index (χ2v) is 4.95. The molecule has 0 atom stereocenters. The summed E-state index contributed by atoms with van der Waals surface area (Å²) in [6, 6.07) is 1.79. The van der Waals surface area contributed by atoms with Crippen LogP contribution in [0.25, 0.3) is 0 Å². The van der Waals surface area contributed by atoms with Crippen molar-refractivity contribution in [1.29, 1.82) is 0 Å². The van der Waals surface area contributed by atoms with Crippen LogP contribution in [0, 0.1) is 6.92 Å². The van der Waals surface area contributed by atoms with Gasteiger partial charge in [-0.15, -0.1) is 0 Å². The van der Waals surface area contributed by atoms with Gasteiger partial charge in [0.05, 0.1) is 12.1 Å². The maximum absolute atomic E-state index is 9.82. The second kappa shape index (κ2) is 3.82. The standard InChI is InChI=1S/C12H16ClNO2/c1-7-5-9(16-2)11(15)10(13)8(7)6-12(14)3-4-12/h5,15H,3-4,6,14H2,1-2H3. The van der Waals surface area contributed by atoms with Crippen LogP contribution in [-0.2, 0) is 6.42 Å². The van der Waals surface area contributed by atoms with Gasteiger partial charge < -0.3 is 15.6 Å². The lowest BCUT2D eigenvalue weighted by molar-refractivity contribution is 0.372. The Balaban J connectivity index is 2.41. The van der Waals surface area contributed by atoms with Gasteiger partial charge in [0.25, 0.3) is 0 Å². The third-order valence-corrected chi connectivity index (χ3v) is 3.58. The van der Waals surface area contributed by atoms with Gasteiger partial charge in [-0.05, 0) is 43.4 Å². The van der Waals surface area contributed by atoms with Crippen molar-refractivity contribution in [1.82, 2.24) is 0 Å². The Bertz CT molecular complexity index is 428. The third-order valence-electron chi connectivity index (χ3n) is 3.17. The number of phenolic OH excluding ortho intramolecular Hbond substituents is 1. The number of methoxy groups -OCH3 is 1. The third kappa shape index (κ3) is 1.97. The molecule has 0 aromatic heterocycles. The molecule has 0 spiro atoms. The summed E-state index contributed by atoms with van der Waals surface area (Å²) < 4.78 is 5.04. The monoisotopic (exact) mass is 241 g/mol. The molecular formula is C12H16ClNO2. The van der Waals surface area contributed by atoms with E-state index in [9.17, 15) is 5.11 Å². The number of phenols is 1. The zero-order valence-electron chi connectivity index (χ0n) is 9.51. The number of nitrogens with two attached hydrogens (primary N) is 1. The normalized spacial score (nSPS) is 17.2. The molecule has 4 heteroatoms. The molecule has 88 valence electrons. The Morgan fingerprint density at radius 2 is 2.19 bits per heavy atom. The number of hydrogen-bond acceptors (Lipinski definition) is 3. The number of benzene rings is 1. The van der Waals surface area contributed by atoms with Crippen molar-refractivity contribution in [2.45, 2.75) is 31.7 Å². The quantitative estimate of drug-likeness (QED) is 0.855. The van der Waals surface area contributed by atoms with Crippen molar-refractivity contribution >= 4 is 11.6 Å². The van der Waals surface area contributed by atoms with Crippen molar-refractivity contribution in [2.75, 3.05) is 7.11 Å². The first-order chi connectivity index (χ1) is 7.47. The predicted molar refractivity (Wildman–Crippen MR) is 64.3 cm³/mol. The molecule has 1 aliphatic rings. The molecule has 1 aromatic rings. The summed E-state index contributed by atoms with van der Waals surface area (Å²) in [6.45, 7) is 1.95. The first kappa shape index (κ1) is 11.6. The van der Waals surface area contributed by atoms with E-state index in [1.165, 1.54) is 7.11 Å². The van der Waals surface area contributed by atoms with Gasteiger partial charge in [0.15, 0.2) is 11.5 Å². The summed E-state index contributed by atoms with van der Waals surface area (Å²) >= 11 is 6.13. The van der Waals surface area contributed by atoms with Crippen molar-refractivity contribution in [3.05, 3.63) is 22.2 Å². The minimum Gasteiger partial charge on any atom is -0.503 e. The average molecular weight is 242 g/mol.